The van der Waals surface area contributed by atoms with Crippen LogP contribution in [-0.2, 0) is 17.9 Å². The van der Waals surface area contributed by atoms with Crippen LogP contribution in [0.15, 0.2) is 42.6 Å². The van der Waals surface area contributed by atoms with Crippen molar-refractivity contribution in [3.8, 4) is 11.5 Å². The van der Waals surface area contributed by atoms with E-state index in [9.17, 15) is 9.59 Å². The first-order valence-corrected chi connectivity index (χ1v) is 14.6. The number of methoxy groups -OCH3 is 1. The molecule has 0 atom stereocenters. The molecule has 0 aliphatic carbocycles. The Kier molecular flexibility index (Phi) is 15.1. The zero-order valence-corrected chi connectivity index (χ0v) is 24.2. The molecule has 210 valence electrons. The van der Waals surface area contributed by atoms with Gasteiger partial charge in [0.1, 0.15) is 13.1 Å². The number of rotatable bonds is 19. The molecule has 0 radical (unpaired) electrons. The Morgan fingerprint density at radius 3 is 2.03 bits per heavy atom. The molecule has 0 saturated heterocycles. The molecule has 0 bridgehead atoms. The molecule has 0 spiro atoms. The zero-order chi connectivity index (χ0) is 27.6. The summed E-state index contributed by atoms with van der Waals surface area (Å²) in [5.74, 6) is 0.470. The summed E-state index contributed by atoms with van der Waals surface area (Å²) in [6, 6.07) is 10.9. The molecule has 2 amide bonds. The van der Waals surface area contributed by atoms with Crippen LogP contribution >= 0.6 is 0 Å². The van der Waals surface area contributed by atoms with Crippen LogP contribution in [0.5, 0.6) is 11.5 Å². The molecule has 0 N–H and O–H groups in total. The first-order valence-electron chi connectivity index (χ1n) is 14.6. The summed E-state index contributed by atoms with van der Waals surface area (Å²) in [5.41, 5.74) is 1.29. The van der Waals surface area contributed by atoms with Gasteiger partial charge >= 0.3 is 0 Å². The topological polar surface area (TPSA) is 59.7 Å². The van der Waals surface area contributed by atoms with Crippen molar-refractivity contribution >= 4 is 11.8 Å². The number of hydrogen-bond donors (Lipinski definition) is 0. The summed E-state index contributed by atoms with van der Waals surface area (Å²) < 4.78 is 13.5. The van der Waals surface area contributed by atoms with Crippen molar-refractivity contribution in [1.29, 1.82) is 0 Å². The smallest absolute Gasteiger partial charge is 0.261 e. The molecule has 0 aliphatic heterocycles. The fraction of sp³-hybridized carbons (Fsp3) is 0.594. The van der Waals surface area contributed by atoms with Gasteiger partial charge in [-0.15, -0.1) is 0 Å². The Bertz CT molecular complexity index is 976. The molecule has 1 aromatic carbocycles. The molecule has 2 aromatic rings. The van der Waals surface area contributed by atoms with E-state index in [0.717, 1.165) is 25.1 Å². The number of aryl methyl sites for hydroxylation is 1. The predicted octanol–water partition coefficient (Wildman–Crippen LogP) is 7.27. The number of benzene rings is 1. The van der Waals surface area contributed by atoms with E-state index in [1.54, 1.807) is 25.3 Å². The molecule has 2 rings (SSSR count). The second-order valence-electron chi connectivity index (χ2n) is 9.99. The number of unbranched alkanes of at least 4 members (excludes halogenated alkanes) is 11. The molecule has 0 unspecified atom stereocenters. The van der Waals surface area contributed by atoms with Gasteiger partial charge in [-0.2, -0.15) is 0 Å². The number of amides is 2. The van der Waals surface area contributed by atoms with Crippen LogP contribution in [0.3, 0.4) is 0 Å². The zero-order valence-electron chi connectivity index (χ0n) is 24.2. The van der Waals surface area contributed by atoms with Crippen molar-refractivity contribution in [3.05, 3.63) is 53.9 Å². The van der Waals surface area contributed by atoms with Crippen LogP contribution in [-0.4, -0.2) is 30.4 Å². The van der Waals surface area contributed by atoms with E-state index in [0.29, 0.717) is 23.7 Å². The summed E-state index contributed by atoms with van der Waals surface area (Å²) in [6.07, 6.45) is 17.6. The normalized spacial score (nSPS) is 10.8. The number of pyridine rings is 1. The lowest BCUT2D eigenvalue weighted by Crippen LogP contribution is -2.43. The maximum atomic E-state index is 13.3. The number of imide groups is 1. The van der Waals surface area contributed by atoms with E-state index in [1.165, 1.54) is 76.0 Å². The Labute approximate surface area is 230 Å². The maximum Gasteiger partial charge on any atom is 0.261 e. The molecule has 0 aliphatic rings. The SMILES string of the molecule is CCCCCCCCCCCCCCOc1ccc(C(=O)N(Cc2cccc[n+]2CC)C(C)=O)cc1OC. The molecule has 1 heterocycles. The minimum Gasteiger partial charge on any atom is -0.493 e. The predicted molar refractivity (Wildman–Crippen MR) is 152 cm³/mol. The van der Waals surface area contributed by atoms with E-state index < -0.39 is 0 Å². The van der Waals surface area contributed by atoms with Crippen LogP contribution in [0.25, 0.3) is 0 Å². The van der Waals surface area contributed by atoms with E-state index >= 15 is 0 Å². The Morgan fingerprint density at radius 1 is 0.816 bits per heavy atom. The average Bonchev–Trinajstić information content (AvgIpc) is 2.93. The third-order valence-corrected chi connectivity index (χ3v) is 6.99. The van der Waals surface area contributed by atoms with Gasteiger partial charge in [0.25, 0.3) is 5.91 Å². The number of carbonyl (C=O) groups excluding carboxylic acids is 2. The maximum absolute atomic E-state index is 13.3. The van der Waals surface area contributed by atoms with E-state index in [4.69, 9.17) is 9.47 Å². The number of carbonyl (C=O) groups is 2. The highest BCUT2D eigenvalue weighted by Gasteiger charge is 2.24. The van der Waals surface area contributed by atoms with Gasteiger partial charge in [-0.3, -0.25) is 14.5 Å². The lowest BCUT2D eigenvalue weighted by Gasteiger charge is -2.19. The van der Waals surface area contributed by atoms with Crippen LogP contribution in [0.2, 0.25) is 0 Å². The second-order valence-corrected chi connectivity index (χ2v) is 9.99. The minimum absolute atomic E-state index is 0.211. The lowest BCUT2D eigenvalue weighted by molar-refractivity contribution is -0.701. The molecule has 38 heavy (non-hydrogen) atoms. The summed E-state index contributed by atoms with van der Waals surface area (Å²) in [6.45, 7) is 7.30. The second kappa shape index (κ2) is 18.4. The average molecular weight is 526 g/mol. The largest absolute Gasteiger partial charge is 0.493 e. The monoisotopic (exact) mass is 525 g/mol. The van der Waals surface area contributed by atoms with Gasteiger partial charge in [0.05, 0.1) is 13.7 Å². The Balaban J connectivity index is 1.79. The molecular formula is C32H49N2O4+. The molecule has 6 nitrogen and oxygen atoms in total. The van der Waals surface area contributed by atoms with Crippen molar-refractivity contribution < 1.29 is 23.6 Å². The highest BCUT2D eigenvalue weighted by atomic mass is 16.5. The number of hydrogen-bond acceptors (Lipinski definition) is 4. The quantitative estimate of drug-likeness (QED) is 0.143. The first-order chi connectivity index (χ1) is 18.5. The fourth-order valence-corrected chi connectivity index (χ4v) is 4.65. The van der Waals surface area contributed by atoms with Crippen LogP contribution < -0.4 is 14.0 Å². The molecular weight excluding hydrogens is 476 g/mol. The lowest BCUT2D eigenvalue weighted by atomic mass is 10.1. The van der Waals surface area contributed by atoms with Gasteiger partial charge < -0.3 is 9.47 Å². The molecule has 6 heteroatoms. The van der Waals surface area contributed by atoms with Crippen molar-refractivity contribution in [3.63, 3.8) is 0 Å². The van der Waals surface area contributed by atoms with Crippen LogP contribution in [0.1, 0.15) is 114 Å². The molecule has 0 saturated carbocycles. The molecule has 0 fully saturated rings. The van der Waals surface area contributed by atoms with Gasteiger partial charge in [-0.25, -0.2) is 4.57 Å². The van der Waals surface area contributed by atoms with Crippen molar-refractivity contribution in [1.82, 2.24) is 4.90 Å². The van der Waals surface area contributed by atoms with Gasteiger partial charge in [0.2, 0.25) is 11.6 Å². The molecule has 1 aromatic heterocycles. The van der Waals surface area contributed by atoms with Crippen molar-refractivity contribution in [2.75, 3.05) is 13.7 Å². The van der Waals surface area contributed by atoms with Gasteiger partial charge in [0.15, 0.2) is 17.7 Å². The van der Waals surface area contributed by atoms with Gasteiger partial charge in [-0.1, -0.05) is 83.6 Å². The number of nitrogens with zero attached hydrogens (tertiary/aromatic N) is 2. The van der Waals surface area contributed by atoms with E-state index in [2.05, 4.69) is 6.92 Å². The van der Waals surface area contributed by atoms with Crippen molar-refractivity contribution in [2.45, 2.75) is 111 Å². The minimum atomic E-state index is -0.352. The Hall–Kier alpha value is -2.89. The van der Waals surface area contributed by atoms with E-state index in [1.807, 2.05) is 35.9 Å². The van der Waals surface area contributed by atoms with Crippen LogP contribution in [0.4, 0.5) is 0 Å². The number of ether oxygens (including phenoxy) is 2. The Morgan fingerprint density at radius 2 is 1.45 bits per heavy atom. The third kappa shape index (κ3) is 10.8. The summed E-state index contributed by atoms with van der Waals surface area (Å²) in [7, 11) is 1.57. The van der Waals surface area contributed by atoms with Gasteiger partial charge in [0, 0.05) is 24.6 Å². The summed E-state index contributed by atoms with van der Waals surface area (Å²) >= 11 is 0. The highest BCUT2D eigenvalue weighted by Crippen LogP contribution is 2.29. The highest BCUT2D eigenvalue weighted by molar-refractivity contribution is 6.04. The summed E-state index contributed by atoms with van der Waals surface area (Å²) in [5, 5.41) is 0. The number of aromatic nitrogens is 1. The fourth-order valence-electron chi connectivity index (χ4n) is 4.65. The van der Waals surface area contributed by atoms with Crippen LogP contribution in [0, 0.1) is 0 Å². The van der Waals surface area contributed by atoms with E-state index in [-0.39, 0.29) is 18.4 Å². The first kappa shape index (κ1) is 31.3. The summed E-state index contributed by atoms with van der Waals surface area (Å²) in [4.78, 5) is 26.9. The van der Waals surface area contributed by atoms with Crippen molar-refractivity contribution in [2.24, 2.45) is 0 Å². The third-order valence-electron chi connectivity index (χ3n) is 6.99. The standard InChI is InChI=1S/C32H49N2O4/c1-5-7-8-9-10-11-12-13-14-15-16-19-24-38-30-22-21-28(25-31(30)37-4)32(36)34(27(3)35)26-29-20-17-18-23-33(29)6-2/h17-18,20-23,25H,5-16,19,24,26H2,1-4H3/q+1. The van der Waals surface area contributed by atoms with Gasteiger partial charge in [-0.05, 0) is 31.5 Å².